The number of aliphatic hydroxyl groups excluding tert-OH is 1. The molecule has 0 spiro atoms. The number of hydrogen-bond donors (Lipinski definition) is 3. The maximum atomic E-state index is 11.6. The van der Waals surface area contributed by atoms with E-state index in [1.807, 2.05) is 19.1 Å². The summed E-state index contributed by atoms with van der Waals surface area (Å²) < 4.78 is 5.41. The van der Waals surface area contributed by atoms with Crippen LogP contribution in [0.15, 0.2) is 24.3 Å². The second-order valence-corrected chi connectivity index (χ2v) is 4.24. The third kappa shape index (κ3) is 4.97. The Morgan fingerprint density at radius 3 is 2.47 bits per heavy atom. The van der Waals surface area contributed by atoms with Crippen LogP contribution in [0.2, 0.25) is 0 Å². The van der Waals surface area contributed by atoms with E-state index in [0.717, 1.165) is 5.56 Å². The van der Waals surface area contributed by atoms with Crippen molar-refractivity contribution >= 4 is 11.8 Å². The molecule has 2 atom stereocenters. The number of primary amides is 1. The maximum Gasteiger partial charge on any atom is 0.260 e. The van der Waals surface area contributed by atoms with Gasteiger partial charge in [-0.1, -0.05) is 17.7 Å². The van der Waals surface area contributed by atoms with Crippen molar-refractivity contribution in [3.05, 3.63) is 29.8 Å². The molecule has 0 aliphatic heterocycles. The first-order valence-corrected chi connectivity index (χ1v) is 5.88. The molecular formula is C13H18N2O4. The summed E-state index contributed by atoms with van der Waals surface area (Å²) in [7, 11) is 0. The third-order valence-electron chi connectivity index (χ3n) is 2.50. The van der Waals surface area contributed by atoms with E-state index in [4.69, 9.17) is 15.6 Å². The lowest BCUT2D eigenvalue weighted by atomic mass is 10.2. The SMILES string of the molecule is Cc1ccc(OC(C)C(=O)NCC(O)C(N)=O)cc1. The Morgan fingerprint density at radius 2 is 1.95 bits per heavy atom. The summed E-state index contributed by atoms with van der Waals surface area (Å²) in [6, 6.07) is 7.27. The minimum Gasteiger partial charge on any atom is -0.481 e. The van der Waals surface area contributed by atoms with E-state index >= 15 is 0 Å². The Kier molecular flexibility index (Phi) is 5.32. The molecule has 0 aliphatic carbocycles. The molecular weight excluding hydrogens is 248 g/mol. The van der Waals surface area contributed by atoms with Gasteiger partial charge in [-0.25, -0.2) is 0 Å². The topological polar surface area (TPSA) is 102 Å². The van der Waals surface area contributed by atoms with Gasteiger partial charge in [0.2, 0.25) is 5.91 Å². The number of benzene rings is 1. The van der Waals surface area contributed by atoms with Crippen LogP contribution in [-0.4, -0.2) is 35.7 Å². The van der Waals surface area contributed by atoms with Crippen molar-refractivity contribution in [2.75, 3.05) is 6.54 Å². The number of nitrogens with one attached hydrogen (secondary N) is 1. The second kappa shape index (κ2) is 6.75. The van der Waals surface area contributed by atoms with Crippen LogP contribution in [0.1, 0.15) is 12.5 Å². The summed E-state index contributed by atoms with van der Waals surface area (Å²) in [4.78, 5) is 22.2. The van der Waals surface area contributed by atoms with Gasteiger partial charge < -0.3 is 20.9 Å². The molecule has 2 amide bonds. The van der Waals surface area contributed by atoms with Crippen molar-refractivity contribution in [3.63, 3.8) is 0 Å². The fraction of sp³-hybridized carbons (Fsp3) is 0.385. The molecule has 0 fully saturated rings. The molecule has 1 aromatic rings. The molecule has 0 radical (unpaired) electrons. The van der Waals surface area contributed by atoms with Crippen LogP contribution in [-0.2, 0) is 9.59 Å². The van der Waals surface area contributed by atoms with Crippen LogP contribution in [0, 0.1) is 6.92 Å². The molecule has 6 heteroatoms. The molecule has 19 heavy (non-hydrogen) atoms. The van der Waals surface area contributed by atoms with Gasteiger partial charge in [0.05, 0.1) is 6.54 Å². The van der Waals surface area contributed by atoms with Crippen LogP contribution < -0.4 is 15.8 Å². The number of hydrogen-bond acceptors (Lipinski definition) is 4. The minimum absolute atomic E-state index is 0.226. The molecule has 0 saturated heterocycles. The predicted octanol–water partition coefficient (Wildman–Crippen LogP) is -0.275. The smallest absolute Gasteiger partial charge is 0.260 e. The van der Waals surface area contributed by atoms with Gasteiger partial charge in [-0.15, -0.1) is 0 Å². The van der Waals surface area contributed by atoms with Crippen molar-refractivity contribution in [1.82, 2.24) is 5.32 Å². The van der Waals surface area contributed by atoms with Crippen molar-refractivity contribution in [1.29, 1.82) is 0 Å². The van der Waals surface area contributed by atoms with Crippen LogP contribution in [0.25, 0.3) is 0 Å². The van der Waals surface area contributed by atoms with Gasteiger partial charge in [-0.3, -0.25) is 9.59 Å². The van der Waals surface area contributed by atoms with E-state index in [-0.39, 0.29) is 6.54 Å². The highest BCUT2D eigenvalue weighted by Gasteiger charge is 2.17. The molecule has 104 valence electrons. The molecule has 0 heterocycles. The van der Waals surface area contributed by atoms with Crippen molar-refractivity contribution in [3.8, 4) is 5.75 Å². The number of nitrogens with two attached hydrogens (primary N) is 1. The summed E-state index contributed by atoms with van der Waals surface area (Å²) in [6.45, 7) is 3.30. The Hall–Kier alpha value is -2.08. The van der Waals surface area contributed by atoms with Gasteiger partial charge in [-0.05, 0) is 26.0 Å². The second-order valence-electron chi connectivity index (χ2n) is 4.24. The highest BCUT2D eigenvalue weighted by atomic mass is 16.5. The van der Waals surface area contributed by atoms with Crippen LogP contribution in [0.5, 0.6) is 5.75 Å². The van der Waals surface area contributed by atoms with E-state index in [1.165, 1.54) is 0 Å². The highest BCUT2D eigenvalue weighted by molar-refractivity contribution is 5.83. The Morgan fingerprint density at radius 1 is 1.37 bits per heavy atom. The van der Waals surface area contributed by atoms with Crippen molar-refractivity contribution in [2.24, 2.45) is 5.73 Å². The van der Waals surface area contributed by atoms with Gasteiger partial charge in [-0.2, -0.15) is 0 Å². The fourth-order valence-corrected chi connectivity index (χ4v) is 1.32. The average molecular weight is 266 g/mol. The molecule has 4 N–H and O–H groups in total. The van der Waals surface area contributed by atoms with E-state index in [1.54, 1.807) is 19.1 Å². The van der Waals surface area contributed by atoms with Gasteiger partial charge in [0.1, 0.15) is 11.9 Å². The molecule has 0 saturated carbocycles. The number of aliphatic hydroxyl groups is 1. The van der Waals surface area contributed by atoms with Gasteiger partial charge in [0.25, 0.3) is 5.91 Å². The van der Waals surface area contributed by atoms with Gasteiger partial charge in [0.15, 0.2) is 6.10 Å². The quantitative estimate of drug-likeness (QED) is 0.659. The molecule has 0 aliphatic rings. The summed E-state index contributed by atoms with van der Waals surface area (Å²) in [5, 5.41) is 11.5. The Balaban J connectivity index is 2.44. The summed E-state index contributed by atoms with van der Waals surface area (Å²) in [6.07, 6.45) is -2.13. The Labute approximate surface area is 111 Å². The van der Waals surface area contributed by atoms with E-state index in [9.17, 15) is 9.59 Å². The highest BCUT2D eigenvalue weighted by Crippen LogP contribution is 2.13. The Bertz CT molecular complexity index is 444. The van der Waals surface area contributed by atoms with E-state index in [0.29, 0.717) is 5.75 Å². The van der Waals surface area contributed by atoms with Crippen molar-refractivity contribution < 1.29 is 19.4 Å². The monoisotopic (exact) mass is 266 g/mol. The number of carbonyl (C=O) groups is 2. The lowest BCUT2D eigenvalue weighted by molar-refractivity contribution is -0.129. The number of ether oxygens (including phenoxy) is 1. The van der Waals surface area contributed by atoms with E-state index in [2.05, 4.69) is 5.32 Å². The molecule has 0 aromatic heterocycles. The zero-order valence-electron chi connectivity index (χ0n) is 10.9. The standard InChI is InChI=1S/C13H18N2O4/c1-8-3-5-10(6-4-8)19-9(2)13(18)15-7-11(16)12(14)17/h3-6,9,11,16H,7H2,1-2H3,(H2,14,17)(H,15,18). The summed E-state index contributed by atoms with van der Waals surface area (Å²) in [5.41, 5.74) is 5.96. The number of aryl methyl sites for hydroxylation is 1. The first-order valence-electron chi connectivity index (χ1n) is 5.88. The molecule has 0 bridgehead atoms. The third-order valence-corrected chi connectivity index (χ3v) is 2.50. The summed E-state index contributed by atoms with van der Waals surface area (Å²) >= 11 is 0. The number of carbonyl (C=O) groups excluding carboxylic acids is 2. The van der Waals surface area contributed by atoms with Gasteiger partial charge in [0, 0.05) is 0 Å². The first-order chi connectivity index (χ1) is 8.90. The molecule has 6 nitrogen and oxygen atoms in total. The summed E-state index contributed by atoms with van der Waals surface area (Å²) in [5.74, 6) is -0.739. The van der Waals surface area contributed by atoms with Crippen molar-refractivity contribution in [2.45, 2.75) is 26.1 Å². The zero-order valence-corrected chi connectivity index (χ0v) is 10.9. The number of rotatable bonds is 6. The van der Waals surface area contributed by atoms with Crippen LogP contribution >= 0.6 is 0 Å². The van der Waals surface area contributed by atoms with Gasteiger partial charge >= 0.3 is 0 Å². The molecule has 2 unspecified atom stereocenters. The first kappa shape index (κ1) is 15.0. The largest absolute Gasteiger partial charge is 0.481 e. The van der Waals surface area contributed by atoms with E-state index < -0.39 is 24.0 Å². The predicted molar refractivity (Wildman–Crippen MR) is 69.5 cm³/mol. The fourth-order valence-electron chi connectivity index (χ4n) is 1.32. The van der Waals surface area contributed by atoms with Crippen LogP contribution in [0.4, 0.5) is 0 Å². The minimum atomic E-state index is -1.39. The number of amides is 2. The molecule has 1 rings (SSSR count). The van der Waals surface area contributed by atoms with Crippen LogP contribution in [0.3, 0.4) is 0 Å². The normalized spacial score (nSPS) is 13.4. The average Bonchev–Trinajstić information content (AvgIpc) is 2.37. The zero-order chi connectivity index (χ0) is 14.4. The molecule has 1 aromatic carbocycles. The maximum absolute atomic E-state index is 11.6. The lowest BCUT2D eigenvalue weighted by Gasteiger charge is -2.15. The lowest BCUT2D eigenvalue weighted by Crippen LogP contribution is -2.44.